The summed E-state index contributed by atoms with van der Waals surface area (Å²) >= 11 is 0. The summed E-state index contributed by atoms with van der Waals surface area (Å²) in [4.78, 5) is 43.2. The number of amides is 3. The Balaban J connectivity index is 2.66. The van der Waals surface area contributed by atoms with E-state index in [1.807, 2.05) is 59.7 Å². The van der Waals surface area contributed by atoms with Crippen LogP contribution in [0.5, 0.6) is 5.75 Å². The zero-order valence-corrected chi connectivity index (χ0v) is 26.4. The average Bonchev–Trinajstić information content (AvgIpc) is 2.81. The number of aryl methyl sites for hydroxylation is 2. The number of nitrogens with one attached hydrogen (secondary N) is 2. The molecule has 2 aromatic carbocycles. The number of alkyl carbamates (subject to hydrolysis) is 1. The van der Waals surface area contributed by atoms with Crippen molar-refractivity contribution in [1.29, 1.82) is 0 Å². The third-order valence-corrected chi connectivity index (χ3v) is 6.66. The van der Waals surface area contributed by atoms with Crippen molar-refractivity contribution in [2.75, 3.05) is 0 Å². The minimum Gasteiger partial charge on any atom is -0.508 e. The average molecular weight is 568 g/mol. The van der Waals surface area contributed by atoms with E-state index in [0.717, 1.165) is 35.1 Å². The number of ether oxygens (including phenoxy) is 1. The SMILES string of the molecule is CCCC(C)NC(=O)C(c1ccc(C)cc1C)N(C(=O)C(Cc1ccc(O)cc1)NC(=O)OC(C)(C)C)C(C)(C)C. The van der Waals surface area contributed by atoms with Crippen LogP contribution in [0.3, 0.4) is 0 Å². The summed E-state index contributed by atoms with van der Waals surface area (Å²) in [6.07, 6.45) is 1.12. The van der Waals surface area contributed by atoms with Gasteiger partial charge in [-0.2, -0.15) is 0 Å². The van der Waals surface area contributed by atoms with E-state index in [1.54, 1.807) is 37.8 Å². The van der Waals surface area contributed by atoms with Crippen LogP contribution in [0.4, 0.5) is 4.79 Å². The minimum atomic E-state index is -1.04. The highest BCUT2D eigenvalue weighted by Crippen LogP contribution is 2.33. The van der Waals surface area contributed by atoms with Gasteiger partial charge in [-0.15, -0.1) is 0 Å². The molecule has 226 valence electrons. The van der Waals surface area contributed by atoms with Gasteiger partial charge in [0, 0.05) is 18.0 Å². The fourth-order valence-electron chi connectivity index (χ4n) is 4.89. The van der Waals surface area contributed by atoms with Crippen molar-refractivity contribution in [3.8, 4) is 5.75 Å². The highest BCUT2D eigenvalue weighted by atomic mass is 16.6. The Morgan fingerprint density at radius 3 is 2.07 bits per heavy atom. The molecule has 8 heteroatoms. The third-order valence-electron chi connectivity index (χ3n) is 6.66. The van der Waals surface area contributed by atoms with Crippen molar-refractivity contribution in [2.24, 2.45) is 0 Å². The van der Waals surface area contributed by atoms with Crippen molar-refractivity contribution in [3.63, 3.8) is 0 Å². The molecule has 3 amide bonds. The van der Waals surface area contributed by atoms with Crippen molar-refractivity contribution in [3.05, 3.63) is 64.7 Å². The molecule has 0 aliphatic rings. The van der Waals surface area contributed by atoms with E-state index in [2.05, 4.69) is 17.6 Å². The number of phenols is 1. The van der Waals surface area contributed by atoms with Crippen LogP contribution < -0.4 is 10.6 Å². The summed E-state index contributed by atoms with van der Waals surface area (Å²) < 4.78 is 5.50. The molecular weight excluding hydrogens is 518 g/mol. The van der Waals surface area contributed by atoms with Gasteiger partial charge >= 0.3 is 6.09 Å². The lowest BCUT2D eigenvalue weighted by Crippen LogP contribution is -2.59. The fourth-order valence-corrected chi connectivity index (χ4v) is 4.89. The first kappa shape index (κ1) is 33.7. The molecular formula is C33H49N3O5. The highest BCUT2D eigenvalue weighted by molar-refractivity contribution is 5.93. The van der Waals surface area contributed by atoms with Crippen LogP contribution in [0.2, 0.25) is 0 Å². The molecule has 41 heavy (non-hydrogen) atoms. The second kappa shape index (κ2) is 13.9. The number of rotatable bonds is 10. The molecule has 0 radical (unpaired) electrons. The zero-order chi connectivity index (χ0) is 31.1. The summed E-state index contributed by atoms with van der Waals surface area (Å²) in [5.41, 5.74) is 1.83. The Kier molecular flexibility index (Phi) is 11.4. The van der Waals surface area contributed by atoms with Crippen molar-refractivity contribution in [1.82, 2.24) is 15.5 Å². The van der Waals surface area contributed by atoms with Gasteiger partial charge in [-0.1, -0.05) is 49.2 Å². The number of benzene rings is 2. The van der Waals surface area contributed by atoms with Gasteiger partial charge in [0.25, 0.3) is 0 Å². The maximum absolute atomic E-state index is 14.6. The molecule has 0 saturated heterocycles. The van der Waals surface area contributed by atoms with Gasteiger partial charge < -0.3 is 25.4 Å². The highest BCUT2D eigenvalue weighted by Gasteiger charge is 2.42. The van der Waals surface area contributed by atoms with Gasteiger partial charge in [-0.05, 0) is 97.6 Å². The fraction of sp³-hybridized carbons (Fsp3) is 0.545. The molecule has 2 rings (SSSR count). The molecule has 0 fully saturated rings. The quantitative estimate of drug-likeness (QED) is 0.321. The molecule has 0 heterocycles. The molecule has 0 saturated carbocycles. The molecule has 0 aliphatic carbocycles. The number of aromatic hydroxyl groups is 1. The van der Waals surface area contributed by atoms with E-state index in [-0.39, 0.29) is 24.1 Å². The van der Waals surface area contributed by atoms with E-state index < -0.39 is 35.2 Å². The van der Waals surface area contributed by atoms with Crippen LogP contribution in [-0.4, -0.2) is 51.1 Å². The zero-order valence-electron chi connectivity index (χ0n) is 26.4. The molecule has 3 unspecified atom stereocenters. The number of hydrogen-bond acceptors (Lipinski definition) is 5. The van der Waals surface area contributed by atoms with Crippen LogP contribution in [0.15, 0.2) is 42.5 Å². The Morgan fingerprint density at radius 1 is 0.951 bits per heavy atom. The largest absolute Gasteiger partial charge is 0.508 e. The van der Waals surface area contributed by atoms with Crippen LogP contribution >= 0.6 is 0 Å². The molecule has 0 aromatic heterocycles. The number of carbonyl (C=O) groups excluding carboxylic acids is 3. The molecule has 8 nitrogen and oxygen atoms in total. The van der Waals surface area contributed by atoms with E-state index in [0.29, 0.717) is 0 Å². The van der Waals surface area contributed by atoms with Crippen LogP contribution in [0.25, 0.3) is 0 Å². The van der Waals surface area contributed by atoms with Crippen LogP contribution in [0.1, 0.15) is 96.5 Å². The summed E-state index contributed by atoms with van der Waals surface area (Å²) in [6.45, 7) is 18.9. The predicted octanol–water partition coefficient (Wildman–Crippen LogP) is 6.12. The third kappa shape index (κ3) is 10.1. The summed E-state index contributed by atoms with van der Waals surface area (Å²) in [5, 5.41) is 15.7. The summed E-state index contributed by atoms with van der Waals surface area (Å²) in [5.74, 6) is -0.595. The standard InChI is InChI=1S/C33H49N3O5/c1-11-12-23(4)34-29(38)28(26-18-13-21(2)19-22(26)3)36(32(5,6)7)30(39)27(35-31(40)41-33(8,9)10)20-24-14-16-25(37)17-15-24/h13-19,23,27-28,37H,11-12,20H2,1-10H3,(H,34,38)(H,35,40). The number of hydrogen-bond donors (Lipinski definition) is 3. The Labute approximate surface area is 245 Å². The van der Waals surface area contributed by atoms with Crippen LogP contribution in [0, 0.1) is 13.8 Å². The lowest BCUT2D eigenvalue weighted by Gasteiger charge is -2.43. The molecule has 0 spiro atoms. The van der Waals surface area contributed by atoms with Gasteiger partial charge in [0.05, 0.1) is 0 Å². The van der Waals surface area contributed by atoms with Crippen molar-refractivity contribution in [2.45, 2.75) is 118 Å². The molecule has 2 aromatic rings. The van der Waals surface area contributed by atoms with Gasteiger partial charge in [-0.25, -0.2) is 4.79 Å². The van der Waals surface area contributed by atoms with Gasteiger partial charge in [0.2, 0.25) is 11.8 Å². The maximum atomic E-state index is 14.6. The number of carbonyl (C=O) groups is 3. The second-order valence-electron chi connectivity index (χ2n) is 12.9. The topological polar surface area (TPSA) is 108 Å². The number of nitrogens with zero attached hydrogens (tertiary/aromatic N) is 1. The van der Waals surface area contributed by atoms with E-state index in [4.69, 9.17) is 4.74 Å². The predicted molar refractivity (Wildman–Crippen MR) is 163 cm³/mol. The minimum absolute atomic E-state index is 0.0784. The molecule has 0 aliphatic heterocycles. The van der Waals surface area contributed by atoms with Gasteiger partial charge in [0.15, 0.2) is 0 Å². The Bertz CT molecular complexity index is 1190. The van der Waals surface area contributed by atoms with Crippen molar-refractivity contribution < 1.29 is 24.2 Å². The molecule has 3 atom stereocenters. The molecule has 3 N–H and O–H groups in total. The summed E-state index contributed by atoms with van der Waals surface area (Å²) in [7, 11) is 0. The maximum Gasteiger partial charge on any atom is 0.408 e. The van der Waals surface area contributed by atoms with Gasteiger partial charge in [0.1, 0.15) is 23.4 Å². The number of phenolic OH excluding ortho intramolecular Hbond substituents is 1. The van der Waals surface area contributed by atoms with E-state index in [1.165, 1.54) is 12.1 Å². The lowest BCUT2D eigenvalue weighted by molar-refractivity contribution is -0.148. The first-order valence-corrected chi connectivity index (χ1v) is 14.4. The van der Waals surface area contributed by atoms with Crippen molar-refractivity contribution >= 4 is 17.9 Å². The van der Waals surface area contributed by atoms with Gasteiger partial charge in [-0.3, -0.25) is 9.59 Å². The lowest BCUT2D eigenvalue weighted by atomic mass is 9.91. The smallest absolute Gasteiger partial charge is 0.408 e. The molecule has 0 bridgehead atoms. The Morgan fingerprint density at radius 2 is 1.56 bits per heavy atom. The first-order chi connectivity index (χ1) is 18.9. The monoisotopic (exact) mass is 567 g/mol. The van der Waals surface area contributed by atoms with E-state index >= 15 is 0 Å². The second-order valence-corrected chi connectivity index (χ2v) is 12.9. The van der Waals surface area contributed by atoms with Crippen LogP contribution in [-0.2, 0) is 20.7 Å². The first-order valence-electron chi connectivity index (χ1n) is 14.4. The normalized spacial score (nSPS) is 14.0. The van der Waals surface area contributed by atoms with E-state index in [9.17, 15) is 19.5 Å². The Hall–Kier alpha value is -3.55. The summed E-state index contributed by atoms with van der Waals surface area (Å²) in [6, 6.07) is 10.3.